The minimum absolute atomic E-state index is 0.0202. The van der Waals surface area contributed by atoms with Crippen LogP contribution in [-0.2, 0) is 10.0 Å². The molecule has 100 valence electrons. The highest BCUT2D eigenvalue weighted by Gasteiger charge is 2.29. The van der Waals surface area contributed by atoms with Crippen LogP contribution in [-0.4, -0.2) is 31.7 Å². The number of alkyl halides is 1. The Balaban J connectivity index is 2.17. The van der Waals surface area contributed by atoms with Gasteiger partial charge in [0.2, 0.25) is 10.0 Å². The summed E-state index contributed by atoms with van der Waals surface area (Å²) < 4.78 is 39.0. The number of hydrogen-bond acceptors (Lipinski definition) is 2. The molecule has 1 aliphatic heterocycles. The van der Waals surface area contributed by atoms with E-state index in [2.05, 4.69) is 0 Å². The van der Waals surface area contributed by atoms with E-state index in [0.29, 0.717) is 24.9 Å². The number of sulfonamides is 1. The Bertz CT molecular complexity index is 513. The van der Waals surface area contributed by atoms with Crippen molar-refractivity contribution in [2.45, 2.75) is 17.7 Å². The molecule has 0 radical (unpaired) electrons. The third-order valence-electron chi connectivity index (χ3n) is 3.23. The highest BCUT2D eigenvalue weighted by molar-refractivity contribution is 7.89. The summed E-state index contributed by atoms with van der Waals surface area (Å²) in [6.45, 7) is 0.909. The summed E-state index contributed by atoms with van der Waals surface area (Å²) in [5.41, 5.74) is 0. The number of halogens is 2. The van der Waals surface area contributed by atoms with Gasteiger partial charge in [-0.3, -0.25) is 0 Å². The molecule has 1 heterocycles. The average molecular weight is 292 g/mol. The molecule has 1 aromatic rings. The van der Waals surface area contributed by atoms with Crippen molar-refractivity contribution < 1.29 is 12.8 Å². The van der Waals surface area contributed by atoms with Crippen molar-refractivity contribution in [1.82, 2.24) is 4.31 Å². The van der Waals surface area contributed by atoms with Crippen molar-refractivity contribution in [2.75, 3.05) is 19.0 Å². The number of nitrogens with zero attached hydrogens (tertiary/aromatic N) is 1. The van der Waals surface area contributed by atoms with Gasteiger partial charge in [-0.25, -0.2) is 12.8 Å². The maximum atomic E-state index is 13.1. The maximum absolute atomic E-state index is 13.1. The van der Waals surface area contributed by atoms with Gasteiger partial charge in [0.05, 0.1) is 4.90 Å². The normalized spacial score (nSPS) is 19.0. The van der Waals surface area contributed by atoms with Crippen molar-refractivity contribution in [3.8, 4) is 0 Å². The zero-order chi connectivity index (χ0) is 13.2. The third-order valence-corrected chi connectivity index (χ3v) is 5.56. The monoisotopic (exact) mass is 291 g/mol. The van der Waals surface area contributed by atoms with Crippen LogP contribution >= 0.6 is 11.6 Å². The second-order valence-corrected chi connectivity index (χ2v) is 6.71. The average Bonchev–Trinajstić information content (AvgIpc) is 2.39. The van der Waals surface area contributed by atoms with Gasteiger partial charge >= 0.3 is 0 Å². The Labute approximate surface area is 112 Å². The van der Waals surface area contributed by atoms with Crippen LogP contribution < -0.4 is 0 Å². The highest BCUT2D eigenvalue weighted by Crippen LogP contribution is 2.24. The van der Waals surface area contributed by atoms with Crippen LogP contribution in [0.2, 0.25) is 0 Å². The molecule has 3 nitrogen and oxygen atoms in total. The van der Waals surface area contributed by atoms with Gasteiger partial charge < -0.3 is 0 Å². The van der Waals surface area contributed by atoms with Gasteiger partial charge in [0.25, 0.3) is 0 Å². The lowest BCUT2D eigenvalue weighted by Crippen LogP contribution is -2.38. The van der Waals surface area contributed by atoms with E-state index in [1.807, 2.05) is 0 Å². The second kappa shape index (κ2) is 5.55. The number of rotatable bonds is 3. The van der Waals surface area contributed by atoms with Crippen LogP contribution in [0.1, 0.15) is 12.8 Å². The van der Waals surface area contributed by atoms with Gasteiger partial charge in [0, 0.05) is 19.0 Å². The fourth-order valence-corrected chi connectivity index (χ4v) is 3.89. The van der Waals surface area contributed by atoms with Crippen LogP contribution in [0.4, 0.5) is 4.39 Å². The Morgan fingerprint density at radius 1 is 1.33 bits per heavy atom. The first-order valence-electron chi connectivity index (χ1n) is 5.85. The molecule has 0 saturated carbocycles. The van der Waals surface area contributed by atoms with Crippen LogP contribution in [0.3, 0.4) is 0 Å². The molecule has 2 rings (SSSR count). The Hall–Kier alpha value is -0.650. The van der Waals surface area contributed by atoms with Gasteiger partial charge in [-0.05, 0) is 37.0 Å². The van der Waals surface area contributed by atoms with Gasteiger partial charge in [0.15, 0.2) is 0 Å². The number of piperidine rings is 1. The van der Waals surface area contributed by atoms with Crippen LogP contribution in [0, 0.1) is 11.7 Å². The molecule has 0 spiro atoms. The fraction of sp³-hybridized carbons (Fsp3) is 0.500. The van der Waals surface area contributed by atoms with Crippen molar-refractivity contribution in [3.05, 3.63) is 30.1 Å². The minimum atomic E-state index is -3.57. The molecule has 0 bridgehead atoms. The van der Waals surface area contributed by atoms with E-state index in [9.17, 15) is 12.8 Å². The molecule has 1 aromatic carbocycles. The summed E-state index contributed by atoms with van der Waals surface area (Å²) in [7, 11) is -3.57. The molecule has 0 amide bonds. The molecular formula is C12H15ClFNO2S. The van der Waals surface area contributed by atoms with Crippen molar-refractivity contribution in [2.24, 2.45) is 5.92 Å². The lowest BCUT2D eigenvalue weighted by atomic mass is 10.0. The molecule has 1 fully saturated rings. The first kappa shape index (κ1) is 13.8. The van der Waals surface area contributed by atoms with E-state index < -0.39 is 15.8 Å². The van der Waals surface area contributed by atoms with E-state index in [1.165, 1.54) is 22.5 Å². The molecule has 6 heteroatoms. The standard InChI is InChI=1S/C12H15ClFNO2S/c13-9-10-4-6-15(7-5-10)18(16,17)12-3-1-2-11(14)8-12/h1-3,8,10H,4-7,9H2. The van der Waals surface area contributed by atoms with Gasteiger partial charge in [0.1, 0.15) is 5.82 Å². The summed E-state index contributed by atoms with van der Waals surface area (Å²) in [4.78, 5) is 0.0202. The van der Waals surface area contributed by atoms with Crippen LogP contribution in [0.25, 0.3) is 0 Å². The third kappa shape index (κ3) is 2.84. The fourth-order valence-electron chi connectivity index (χ4n) is 2.08. The lowest BCUT2D eigenvalue weighted by Gasteiger charge is -2.30. The maximum Gasteiger partial charge on any atom is 0.243 e. The Morgan fingerprint density at radius 2 is 2.00 bits per heavy atom. The summed E-state index contributed by atoms with van der Waals surface area (Å²) >= 11 is 5.76. The number of benzene rings is 1. The summed E-state index contributed by atoms with van der Waals surface area (Å²) in [5.74, 6) is 0.408. The minimum Gasteiger partial charge on any atom is -0.207 e. The molecular weight excluding hydrogens is 277 g/mol. The SMILES string of the molecule is O=S(=O)(c1cccc(F)c1)N1CCC(CCl)CC1. The largest absolute Gasteiger partial charge is 0.243 e. The number of hydrogen-bond donors (Lipinski definition) is 0. The van der Waals surface area contributed by atoms with Crippen LogP contribution in [0.15, 0.2) is 29.2 Å². The molecule has 0 aliphatic carbocycles. The molecule has 0 N–H and O–H groups in total. The van der Waals surface area contributed by atoms with Crippen LogP contribution in [0.5, 0.6) is 0 Å². The first-order chi connectivity index (χ1) is 8.54. The second-order valence-electron chi connectivity index (χ2n) is 4.46. The topological polar surface area (TPSA) is 37.4 Å². The summed E-state index contributed by atoms with van der Waals surface area (Å²) in [6.07, 6.45) is 1.52. The van der Waals surface area contributed by atoms with Crippen molar-refractivity contribution >= 4 is 21.6 Å². The van der Waals surface area contributed by atoms with E-state index in [-0.39, 0.29) is 4.90 Å². The van der Waals surface area contributed by atoms with Gasteiger partial charge in [-0.2, -0.15) is 4.31 Å². The molecule has 0 atom stereocenters. The molecule has 0 aromatic heterocycles. The zero-order valence-electron chi connectivity index (χ0n) is 9.85. The van der Waals surface area contributed by atoms with Gasteiger partial charge in [-0.1, -0.05) is 6.07 Å². The summed E-state index contributed by atoms with van der Waals surface area (Å²) in [6, 6.07) is 5.13. The molecule has 0 unspecified atom stereocenters. The van der Waals surface area contributed by atoms with E-state index in [4.69, 9.17) is 11.6 Å². The van der Waals surface area contributed by atoms with E-state index in [1.54, 1.807) is 0 Å². The smallest absolute Gasteiger partial charge is 0.207 e. The molecule has 1 aliphatic rings. The summed E-state index contributed by atoms with van der Waals surface area (Å²) in [5, 5.41) is 0. The highest BCUT2D eigenvalue weighted by atomic mass is 35.5. The Morgan fingerprint density at radius 3 is 2.56 bits per heavy atom. The van der Waals surface area contributed by atoms with Crippen molar-refractivity contribution in [3.63, 3.8) is 0 Å². The quantitative estimate of drug-likeness (QED) is 0.802. The Kier molecular flexibility index (Phi) is 4.25. The van der Waals surface area contributed by atoms with E-state index in [0.717, 1.165) is 18.9 Å². The zero-order valence-corrected chi connectivity index (χ0v) is 11.4. The van der Waals surface area contributed by atoms with E-state index >= 15 is 0 Å². The molecule has 1 saturated heterocycles. The van der Waals surface area contributed by atoms with Gasteiger partial charge in [-0.15, -0.1) is 11.6 Å². The lowest BCUT2D eigenvalue weighted by molar-refractivity contribution is 0.290. The molecule has 18 heavy (non-hydrogen) atoms. The predicted octanol–water partition coefficient (Wildman–Crippen LogP) is 2.47. The van der Waals surface area contributed by atoms with Crippen molar-refractivity contribution in [1.29, 1.82) is 0 Å². The first-order valence-corrected chi connectivity index (χ1v) is 7.83. The predicted molar refractivity (Wildman–Crippen MR) is 68.6 cm³/mol.